The quantitative estimate of drug-likeness (QED) is 0.781. The minimum absolute atomic E-state index is 0.211. The van der Waals surface area contributed by atoms with Gasteiger partial charge in [0.05, 0.1) is 19.8 Å². The van der Waals surface area contributed by atoms with Gasteiger partial charge in [-0.1, -0.05) is 18.2 Å². The Kier molecular flexibility index (Phi) is 4.77. The van der Waals surface area contributed by atoms with Crippen LogP contribution in [0, 0.1) is 0 Å². The molecule has 1 aromatic heterocycles. The molecule has 2 heterocycles. The molecule has 2 aromatic carbocycles. The summed E-state index contributed by atoms with van der Waals surface area (Å²) in [5, 5.41) is 3.84. The highest BCUT2D eigenvalue weighted by Gasteiger charge is 2.22. The standard InChI is InChI=1S/C20H18N2O4/c23-20(18-13-24-11-12-25-18)22-15-6-8-16(9-7-15)26-17-5-1-3-14-4-2-10-21-19(14)17/h1-10,18H,11-13H2,(H,22,23)/t18-/m1/s1. The van der Waals surface area contributed by atoms with E-state index in [1.807, 2.05) is 30.3 Å². The highest BCUT2D eigenvalue weighted by Crippen LogP contribution is 2.28. The third-order valence-electron chi connectivity index (χ3n) is 4.05. The molecular formula is C20H18N2O4. The summed E-state index contributed by atoms with van der Waals surface area (Å²) in [4.78, 5) is 16.5. The van der Waals surface area contributed by atoms with Crippen molar-refractivity contribution in [3.63, 3.8) is 0 Å². The first kappa shape index (κ1) is 16.5. The van der Waals surface area contributed by atoms with Crippen molar-refractivity contribution < 1.29 is 19.0 Å². The van der Waals surface area contributed by atoms with E-state index >= 15 is 0 Å². The maximum atomic E-state index is 12.1. The van der Waals surface area contributed by atoms with E-state index in [4.69, 9.17) is 14.2 Å². The molecule has 132 valence electrons. The lowest BCUT2D eigenvalue weighted by Gasteiger charge is -2.22. The Labute approximate surface area is 150 Å². The summed E-state index contributed by atoms with van der Waals surface area (Å²) in [5.74, 6) is 1.14. The minimum atomic E-state index is -0.568. The predicted molar refractivity (Wildman–Crippen MR) is 97.4 cm³/mol. The van der Waals surface area contributed by atoms with Crippen LogP contribution in [0.5, 0.6) is 11.5 Å². The zero-order valence-corrected chi connectivity index (χ0v) is 14.1. The minimum Gasteiger partial charge on any atom is -0.455 e. The fourth-order valence-corrected chi connectivity index (χ4v) is 2.75. The van der Waals surface area contributed by atoms with Crippen molar-refractivity contribution in [3.05, 3.63) is 60.8 Å². The van der Waals surface area contributed by atoms with Crippen LogP contribution in [0.1, 0.15) is 0 Å². The maximum Gasteiger partial charge on any atom is 0.255 e. The lowest BCUT2D eigenvalue weighted by molar-refractivity contribution is -0.142. The van der Waals surface area contributed by atoms with E-state index in [1.54, 1.807) is 30.5 Å². The topological polar surface area (TPSA) is 69.7 Å². The van der Waals surface area contributed by atoms with Crippen LogP contribution in [-0.2, 0) is 14.3 Å². The number of hydrogen-bond donors (Lipinski definition) is 1. The molecule has 0 aliphatic carbocycles. The molecule has 1 aliphatic heterocycles. The molecule has 26 heavy (non-hydrogen) atoms. The van der Waals surface area contributed by atoms with Crippen molar-refractivity contribution >= 4 is 22.5 Å². The molecule has 3 aromatic rings. The number of nitrogens with zero attached hydrogens (tertiary/aromatic N) is 1. The Morgan fingerprint density at radius 3 is 2.73 bits per heavy atom. The van der Waals surface area contributed by atoms with Gasteiger partial charge in [-0.15, -0.1) is 0 Å². The number of benzene rings is 2. The van der Waals surface area contributed by atoms with E-state index < -0.39 is 6.10 Å². The largest absolute Gasteiger partial charge is 0.455 e. The Morgan fingerprint density at radius 2 is 1.92 bits per heavy atom. The van der Waals surface area contributed by atoms with Crippen molar-refractivity contribution in [1.82, 2.24) is 4.98 Å². The number of carbonyl (C=O) groups is 1. The van der Waals surface area contributed by atoms with E-state index in [0.29, 0.717) is 30.4 Å². The molecule has 1 fully saturated rings. The summed E-state index contributed by atoms with van der Waals surface area (Å²) in [7, 11) is 0. The number of amides is 1. The van der Waals surface area contributed by atoms with Crippen LogP contribution in [0.25, 0.3) is 10.9 Å². The summed E-state index contributed by atoms with van der Waals surface area (Å²) in [6.45, 7) is 1.24. The van der Waals surface area contributed by atoms with Crippen LogP contribution in [0.4, 0.5) is 5.69 Å². The Hall–Kier alpha value is -2.96. The molecule has 6 heteroatoms. The smallest absolute Gasteiger partial charge is 0.255 e. The fourth-order valence-electron chi connectivity index (χ4n) is 2.75. The van der Waals surface area contributed by atoms with Crippen molar-refractivity contribution in [2.24, 2.45) is 0 Å². The Bertz CT molecular complexity index is 900. The van der Waals surface area contributed by atoms with E-state index in [1.165, 1.54) is 0 Å². The monoisotopic (exact) mass is 350 g/mol. The van der Waals surface area contributed by atoms with Crippen molar-refractivity contribution in [2.45, 2.75) is 6.10 Å². The molecule has 0 radical (unpaired) electrons. The maximum absolute atomic E-state index is 12.1. The van der Waals surface area contributed by atoms with Gasteiger partial charge in [-0.05, 0) is 36.4 Å². The highest BCUT2D eigenvalue weighted by molar-refractivity contribution is 5.94. The number of pyridine rings is 1. The number of para-hydroxylation sites is 1. The van der Waals surface area contributed by atoms with Crippen LogP contribution >= 0.6 is 0 Å². The molecular weight excluding hydrogens is 332 g/mol. The normalized spacial score (nSPS) is 17.0. The zero-order chi connectivity index (χ0) is 17.8. The van der Waals surface area contributed by atoms with Crippen molar-refractivity contribution in [1.29, 1.82) is 0 Å². The van der Waals surface area contributed by atoms with Crippen molar-refractivity contribution in [2.75, 3.05) is 25.1 Å². The average Bonchev–Trinajstić information content (AvgIpc) is 2.70. The lowest BCUT2D eigenvalue weighted by atomic mass is 10.2. The second-order valence-electron chi connectivity index (χ2n) is 5.88. The third kappa shape index (κ3) is 3.66. The molecule has 1 N–H and O–H groups in total. The zero-order valence-electron chi connectivity index (χ0n) is 14.1. The van der Waals surface area contributed by atoms with Gasteiger partial charge in [0, 0.05) is 17.3 Å². The molecule has 1 aliphatic rings. The van der Waals surface area contributed by atoms with E-state index in [9.17, 15) is 4.79 Å². The van der Waals surface area contributed by atoms with Gasteiger partial charge in [-0.2, -0.15) is 0 Å². The van der Waals surface area contributed by atoms with E-state index in [0.717, 1.165) is 10.9 Å². The number of carbonyl (C=O) groups excluding carboxylic acids is 1. The molecule has 1 amide bonds. The highest BCUT2D eigenvalue weighted by atomic mass is 16.6. The molecule has 1 atom stereocenters. The van der Waals surface area contributed by atoms with Crippen LogP contribution in [0.2, 0.25) is 0 Å². The molecule has 0 spiro atoms. The van der Waals surface area contributed by atoms with Gasteiger partial charge < -0.3 is 19.5 Å². The van der Waals surface area contributed by atoms with Gasteiger partial charge in [0.15, 0.2) is 11.9 Å². The van der Waals surface area contributed by atoms with Crippen LogP contribution in [0.3, 0.4) is 0 Å². The molecule has 1 saturated heterocycles. The predicted octanol–water partition coefficient (Wildman–Crippen LogP) is 3.38. The first-order valence-corrected chi connectivity index (χ1v) is 8.41. The number of hydrogen-bond acceptors (Lipinski definition) is 5. The van der Waals surface area contributed by atoms with Crippen LogP contribution in [-0.4, -0.2) is 36.8 Å². The number of rotatable bonds is 4. The number of fused-ring (bicyclic) bond motifs is 1. The summed E-state index contributed by atoms with van der Waals surface area (Å²) < 4.78 is 16.6. The van der Waals surface area contributed by atoms with E-state index in [2.05, 4.69) is 10.3 Å². The van der Waals surface area contributed by atoms with Crippen molar-refractivity contribution in [3.8, 4) is 11.5 Å². The third-order valence-corrected chi connectivity index (χ3v) is 4.05. The summed E-state index contributed by atoms with van der Waals surface area (Å²) in [6, 6.07) is 16.9. The molecule has 0 bridgehead atoms. The van der Waals surface area contributed by atoms with Gasteiger partial charge in [-0.3, -0.25) is 9.78 Å². The van der Waals surface area contributed by atoms with Gasteiger partial charge in [0.2, 0.25) is 0 Å². The molecule has 0 unspecified atom stereocenters. The molecule has 0 saturated carbocycles. The Morgan fingerprint density at radius 1 is 1.08 bits per heavy atom. The second kappa shape index (κ2) is 7.51. The molecule has 6 nitrogen and oxygen atoms in total. The van der Waals surface area contributed by atoms with Gasteiger partial charge in [0.25, 0.3) is 5.91 Å². The van der Waals surface area contributed by atoms with Crippen LogP contribution in [0.15, 0.2) is 60.8 Å². The summed E-state index contributed by atoms with van der Waals surface area (Å²) >= 11 is 0. The second-order valence-corrected chi connectivity index (χ2v) is 5.88. The average molecular weight is 350 g/mol. The first-order chi connectivity index (χ1) is 12.8. The van der Waals surface area contributed by atoms with Gasteiger partial charge in [-0.25, -0.2) is 0 Å². The number of nitrogens with one attached hydrogen (secondary N) is 1. The summed E-state index contributed by atoms with van der Waals surface area (Å²) in [6.07, 6.45) is 1.17. The van der Waals surface area contributed by atoms with Crippen LogP contribution < -0.4 is 10.1 Å². The summed E-state index contributed by atoms with van der Waals surface area (Å²) in [5.41, 5.74) is 1.48. The number of aromatic nitrogens is 1. The van der Waals surface area contributed by atoms with Gasteiger partial charge >= 0.3 is 0 Å². The SMILES string of the molecule is O=C(Nc1ccc(Oc2cccc3cccnc23)cc1)[C@H]1COCCO1. The molecule has 4 rings (SSSR count). The number of anilines is 1. The number of ether oxygens (including phenoxy) is 3. The Balaban J connectivity index is 1.45. The first-order valence-electron chi connectivity index (χ1n) is 8.41. The van der Waals surface area contributed by atoms with Gasteiger partial charge in [0.1, 0.15) is 11.3 Å². The fraction of sp³-hybridized carbons (Fsp3) is 0.200. The lowest BCUT2D eigenvalue weighted by Crippen LogP contribution is -2.39. The van der Waals surface area contributed by atoms with E-state index in [-0.39, 0.29) is 12.5 Å².